The van der Waals surface area contributed by atoms with Crippen LogP contribution in [0.3, 0.4) is 0 Å². The largest absolute Gasteiger partial charge is 0.384 e. The normalized spacial score (nSPS) is 16.2. The monoisotopic (exact) mass is 247 g/mol. The third kappa shape index (κ3) is 2.81. The summed E-state index contributed by atoms with van der Waals surface area (Å²) < 4.78 is 0. The molecule has 0 aliphatic heterocycles. The number of hydrogen-bond donors (Lipinski definition) is 2. The van der Waals surface area contributed by atoms with E-state index in [-0.39, 0.29) is 11.3 Å². The fourth-order valence-electron chi connectivity index (χ4n) is 1.89. The van der Waals surface area contributed by atoms with Crippen LogP contribution in [-0.2, 0) is 5.41 Å². The van der Waals surface area contributed by atoms with E-state index >= 15 is 0 Å². The molecule has 1 aromatic heterocycles. The number of nitrogens with two attached hydrogens (primary N) is 1. The van der Waals surface area contributed by atoms with E-state index in [2.05, 4.69) is 31.1 Å². The van der Waals surface area contributed by atoms with Gasteiger partial charge in [-0.1, -0.05) is 20.8 Å². The van der Waals surface area contributed by atoms with Crippen LogP contribution in [0.25, 0.3) is 0 Å². The third-order valence-corrected chi connectivity index (χ3v) is 3.32. The Hall–Kier alpha value is -1.58. The van der Waals surface area contributed by atoms with Crippen molar-refractivity contribution in [2.45, 2.75) is 51.5 Å². The Morgan fingerprint density at radius 2 is 2.06 bits per heavy atom. The minimum Gasteiger partial charge on any atom is -0.384 e. The Morgan fingerprint density at radius 1 is 1.39 bits per heavy atom. The van der Waals surface area contributed by atoms with Gasteiger partial charge in [-0.25, -0.2) is 4.98 Å². The van der Waals surface area contributed by atoms with E-state index in [0.29, 0.717) is 17.4 Å². The van der Waals surface area contributed by atoms with Gasteiger partial charge in [-0.15, -0.1) is 0 Å². The van der Waals surface area contributed by atoms with E-state index in [1.807, 2.05) is 6.07 Å². The Labute approximate surface area is 108 Å². The van der Waals surface area contributed by atoms with Gasteiger partial charge in [0.05, 0.1) is 0 Å². The van der Waals surface area contributed by atoms with Gasteiger partial charge >= 0.3 is 0 Å². The number of hydrogen-bond acceptors (Lipinski definition) is 3. The van der Waals surface area contributed by atoms with Crippen molar-refractivity contribution >= 4 is 11.7 Å². The average Bonchev–Trinajstić information content (AvgIpc) is 2.21. The highest BCUT2D eigenvalue weighted by molar-refractivity contribution is 5.95. The summed E-state index contributed by atoms with van der Waals surface area (Å²) in [6, 6.07) is 3.82. The highest BCUT2D eigenvalue weighted by Gasteiger charge is 2.22. The van der Waals surface area contributed by atoms with Crippen molar-refractivity contribution in [1.82, 2.24) is 10.3 Å². The molecule has 4 heteroatoms. The van der Waals surface area contributed by atoms with Gasteiger partial charge in [0.25, 0.3) is 5.91 Å². The molecule has 0 radical (unpaired) electrons. The molecule has 18 heavy (non-hydrogen) atoms. The number of nitrogens with zero attached hydrogens (tertiary/aromatic N) is 1. The van der Waals surface area contributed by atoms with Crippen molar-refractivity contribution in [2.24, 2.45) is 0 Å². The number of aromatic nitrogens is 1. The van der Waals surface area contributed by atoms with Gasteiger partial charge < -0.3 is 11.1 Å². The smallest absolute Gasteiger partial charge is 0.251 e. The van der Waals surface area contributed by atoms with E-state index in [0.717, 1.165) is 18.5 Å². The topological polar surface area (TPSA) is 68.0 Å². The molecule has 1 amide bonds. The maximum absolute atomic E-state index is 12.1. The lowest BCUT2D eigenvalue weighted by Crippen LogP contribution is -2.39. The Balaban J connectivity index is 2.21. The zero-order valence-electron chi connectivity index (χ0n) is 11.3. The highest BCUT2D eigenvalue weighted by atomic mass is 16.1. The number of nitrogens with one attached hydrogen (secondary N) is 1. The van der Waals surface area contributed by atoms with E-state index in [9.17, 15) is 4.79 Å². The summed E-state index contributed by atoms with van der Waals surface area (Å²) in [5.41, 5.74) is 7.13. The molecule has 1 heterocycles. The number of carbonyl (C=O) groups excluding carboxylic acids is 1. The van der Waals surface area contributed by atoms with Crippen LogP contribution in [0.4, 0.5) is 5.82 Å². The van der Waals surface area contributed by atoms with Gasteiger partial charge in [0, 0.05) is 22.7 Å². The van der Waals surface area contributed by atoms with Crippen LogP contribution in [0.1, 0.15) is 56.1 Å². The van der Waals surface area contributed by atoms with Gasteiger partial charge in [-0.2, -0.15) is 0 Å². The molecule has 1 fully saturated rings. The van der Waals surface area contributed by atoms with Crippen molar-refractivity contribution < 1.29 is 4.79 Å². The van der Waals surface area contributed by atoms with Crippen LogP contribution in [0.15, 0.2) is 12.1 Å². The molecule has 0 unspecified atom stereocenters. The summed E-state index contributed by atoms with van der Waals surface area (Å²) in [6.07, 6.45) is 3.37. The van der Waals surface area contributed by atoms with E-state index in [1.54, 1.807) is 6.07 Å². The molecule has 1 aliphatic carbocycles. The van der Waals surface area contributed by atoms with Crippen LogP contribution in [0, 0.1) is 0 Å². The zero-order chi connectivity index (χ0) is 13.3. The third-order valence-electron chi connectivity index (χ3n) is 3.32. The van der Waals surface area contributed by atoms with Gasteiger partial charge in [-0.3, -0.25) is 4.79 Å². The fourth-order valence-corrected chi connectivity index (χ4v) is 1.89. The molecule has 0 bridgehead atoms. The molecule has 98 valence electrons. The van der Waals surface area contributed by atoms with Crippen LogP contribution < -0.4 is 11.1 Å². The SMILES string of the molecule is CC(C)(C)c1cc(C(=O)NC2CCC2)cc(N)n1. The molecule has 1 saturated carbocycles. The first-order chi connectivity index (χ1) is 8.36. The number of nitrogen functional groups attached to an aromatic ring is 1. The number of carbonyl (C=O) groups is 1. The number of rotatable bonds is 2. The minimum atomic E-state index is -0.110. The molecule has 0 atom stereocenters. The highest BCUT2D eigenvalue weighted by Crippen LogP contribution is 2.23. The number of amides is 1. The predicted molar refractivity (Wildman–Crippen MR) is 72.5 cm³/mol. The van der Waals surface area contributed by atoms with Crippen molar-refractivity contribution in [1.29, 1.82) is 0 Å². The fraction of sp³-hybridized carbons (Fsp3) is 0.571. The number of anilines is 1. The van der Waals surface area contributed by atoms with Gasteiger partial charge in [0.15, 0.2) is 0 Å². The molecule has 3 N–H and O–H groups in total. The molecule has 0 aromatic carbocycles. The van der Waals surface area contributed by atoms with Crippen LogP contribution >= 0.6 is 0 Å². The second kappa shape index (κ2) is 4.59. The van der Waals surface area contributed by atoms with Crippen LogP contribution in [-0.4, -0.2) is 16.9 Å². The molecule has 1 aromatic rings. The van der Waals surface area contributed by atoms with Crippen molar-refractivity contribution in [3.63, 3.8) is 0 Å². The van der Waals surface area contributed by atoms with Crippen molar-refractivity contribution in [2.75, 3.05) is 5.73 Å². The van der Waals surface area contributed by atoms with Gasteiger partial charge in [0.2, 0.25) is 0 Å². The second-order valence-corrected chi connectivity index (χ2v) is 6.02. The summed E-state index contributed by atoms with van der Waals surface area (Å²) in [4.78, 5) is 16.4. The summed E-state index contributed by atoms with van der Waals surface area (Å²) in [6.45, 7) is 6.17. The molecule has 0 saturated heterocycles. The van der Waals surface area contributed by atoms with Gasteiger partial charge in [-0.05, 0) is 31.4 Å². The second-order valence-electron chi connectivity index (χ2n) is 6.02. The first-order valence-corrected chi connectivity index (χ1v) is 6.45. The lowest BCUT2D eigenvalue weighted by Gasteiger charge is -2.26. The quantitative estimate of drug-likeness (QED) is 0.842. The van der Waals surface area contributed by atoms with Crippen molar-refractivity contribution in [3.8, 4) is 0 Å². The summed E-state index contributed by atoms with van der Waals surface area (Å²) in [5, 5.41) is 3.02. The standard InChI is InChI=1S/C14H21N3O/c1-14(2,3)11-7-9(8-12(15)17-11)13(18)16-10-5-4-6-10/h7-8,10H,4-6H2,1-3H3,(H2,15,17)(H,16,18). The maximum Gasteiger partial charge on any atom is 0.251 e. The summed E-state index contributed by atoms with van der Waals surface area (Å²) >= 11 is 0. The summed E-state index contributed by atoms with van der Waals surface area (Å²) in [5.74, 6) is 0.362. The number of pyridine rings is 1. The molecular formula is C14H21N3O. The minimum absolute atomic E-state index is 0.0423. The predicted octanol–water partition coefficient (Wildman–Crippen LogP) is 2.24. The van der Waals surface area contributed by atoms with E-state index in [1.165, 1.54) is 6.42 Å². The lowest BCUT2D eigenvalue weighted by molar-refractivity contribution is 0.0916. The first-order valence-electron chi connectivity index (χ1n) is 6.45. The molecule has 0 spiro atoms. The Kier molecular flexibility index (Phi) is 3.28. The first kappa shape index (κ1) is 12.9. The van der Waals surface area contributed by atoms with E-state index < -0.39 is 0 Å². The van der Waals surface area contributed by atoms with E-state index in [4.69, 9.17) is 5.73 Å². The molecular weight excluding hydrogens is 226 g/mol. The molecule has 2 rings (SSSR count). The lowest BCUT2D eigenvalue weighted by atomic mass is 9.90. The maximum atomic E-state index is 12.1. The average molecular weight is 247 g/mol. The Morgan fingerprint density at radius 3 is 2.56 bits per heavy atom. The van der Waals surface area contributed by atoms with Crippen LogP contribution in [0.5, 0.6) is 0 Å². The molecule has 4 nitrogen and oxygen atoms in total. The van der Waals surface area contributed by atoms with Gasteiger partial charge in [0.1, 0.15) is 5.82 Å². The van der Waals surface area contributed by atoms with Crippen molar-refractivity contribution in [3.05, 3.63) is 23.4 Å². The zero-order valence-corrected chi connectivity index (χ0v) is 11.3. The summed E-state index contributed by atoms with van der Waals surface area (Å²) in [7, 11) is 0. The Bertz CT molecular complexity index is 459. The van der Waals surface area contributed by atoms with Crippen LogP contribution in [0.2, 0.25) is 0 Å². The molecule has 1 aliphatic rings.